The summed E-state index contributed by atoms with van der Waals surface area (Å²) in [4.78, 5) is 22.6. The summed E-state index contributed by atoms with van der Waals surface area (Å²) in [5.41, 5.74) is 0. The highest BCUT2D eigenvalue weighted by molar-refractivity contribution is 5.83. The van der Waals surface area contributed by atoms with Crippen molar-refractivity contribution in [2.75, 3.05) is 0 Å². The molecule has 2 N–H and O–H groups in total. The van der Waals surface area contributed by atoms with Crippen molar-refractivity contribution in [3.63, 3.8) is 0 Å². The van der Waals surface area contributed by atoms with Gasteiger partial charge in [-0.05, 0) is 50.4 Å². The van der Waals surface area contributed by atoms with E-state index in [1.165, 1.54) is 19.3 Å². The number of carboxylic acid groups (broad SMARTS) is 1. The van der Waals surface area contributed by atoms with E-state index >= 15 is 0 Å². The first-order valence-electron chi connectivity index (χ1n) is 9.84. The smallest absolute Gasteiger partial charge is 0.303 e. The lowest BCUT2D eigenvalue weighted by molar-refractivity contribution is -0.136. The lowest BCUT2D eigenvalue weighted by Gasteiger charge is -2.25. The summed E-state index contributed by atoms with van der Waals surface area (Å²) in [7, 11) is 0. The fourth-order valence-electron chi connectivity index (χ4n) is 4.15. The molecule has 4 nitrogen and oxygen atoms in total. The molecule has 140 valence electrons. The van der Waals surface area contributed by atoms with Gasteiger partial charge in [-0.25, -0.2) is 0 Å². The Bertz CT molecular complexity index is 488. The van der Waals surface area contributed by atoms with Crippen LogP contribution in [0.4, 0.5) is 0 Å². The molecule has 0 aromatic heterocycles. The van der Waals surface area contributed by atoms with E-state index in [0.29, 0.717) is 24.5 Å². The molecular weight excluding hydrogens is 316 g/mol. The van der Waals surface area contributed by atoms with Crippen molar-refractivity contribution < 1.29 is 19.8 Å². The van der Waals surface area contributed by atoms with Gasteiger partial charge in [-0.15, -0.1) is 0 Å². The van der Waals surface area contributed by atoms with Gasteiger partial charge in [0, 0.05) is 18.8 Å². The highest BCUT2D eigenvalue weighted by atomic mass is 16.4. The maximum absolute atomic E-state index is 12.1. The summed E-state index contributed by atoms with van der Waals surface area (Å²) in [6, 6.07) is 0. The molecule has 0 saturated heterocycles. The Morgan fingerprint density at radius 3 is 2.56 bits per heavy atom. The van der Waals surface area contributed by atoms with E-state index in [1.807, 2.05) is 18.2 Å². The quantitative estimate of drug-likeness (QED) is 0.610. The zero-order valence-electron chi connectivity index (χ0n) is 15.1. The normalized spacial score (nSPS) is 26.7. The fraction of sp³-hybridized carbons (Fsp3) is 0.714. The molecule has 1 unspecified atom stereocenters. The molecule has 0 heterocycles. The van der Waals surface area contributed by atoms with Crippen molar-refractivity contribution in [3.05, 3.63) is 24.3 Å². The molecule has 2 fully saturated rings. The van der Waals surface area contributed by atoms with Crippen LogP contribution in [0, 0.1) is 17.8 Å². The maximum atomic E-state index is 12.1. The molecular formula is C21H32O4. The topological polar surface area (TPSA) is 74.6 Å². The van der Waals surface area contributed by atoms with E-state index < -0.39 is 5.97 Å². The Labute approximate surface area is 151 Å². The van der Waals surface area contributed by atoms with Gasteiger partial charge in [0.2, 0.25) is 0 Å². The number of carbonyl (C=O) groups excluding carboxylic acids is 1. The van der Waals surface area contributed by atoms with Gasteiger partial charge < -0.3 is 10.2 Å². The van der Waals surface area contributed by atoms with E-state index in [2.05, 4.69) is 6.08 Å². The van der Waals surface area contributed by atoms with Crippen molar-refractivity contribution >= 4 is 11.8 Å². The predicted octanol–water partition coefficient (Wildman–Crippen LogP) is 4.28. The minimum atomic E-state index is -0.780. The van der Waals surface area contributed by atoms with E-state index in [0.717, 1.165) is 32.1 Å². The van der Waals surface area contributed by atoms with Crippen molar-refractivity contribution in [1.29, 1.82) is 0 Å². The van der Waals surface area contributed by atoms with E-state index in [9.17, 15) is 14.7 Å². The van der Waals surface area contributed by atoms with Crippen LogP contribution in [-0.4, -0.2) is 28.1 Å². The summed E-state index contributed by atoms with van der Waals surface area (Å²) in [5, 5.41) is 19.0. The third-order valence-electron chi connectivity index (χ3n) is 5.68. The summed E-state index contributed by atoms with van der Waals surface area (Å²) < 4.78 is 0. The molecule has 2 aliphatic rings. The number of hydrogen-bond donors (Lipinski definition) is 2. The van der Waals surface area contributed by atoms with Crippen LogP contribution in [0.25, 0.3) is 0 Å². The van der Waals surface area contributed by atoms with Gasteiger partial charge in [0.1, 0.15) is 5.78 Å². The number of ketones is 1. The number of carboxylic acids is 1. The summed E-state index contributed by atoms with van der Waals surface area (Å²) in [6.07, 6.45) is 17.3. The molecule has 2 aliphatic carbocycles. The molecule has 0 amide bonds. The van der Waals surface area contributed by atoms with E-state index in [4.69, 9.17) is 5.11 Å². The lowest BCUT2D eigenvalue weighted by Crippen LogP contribution is -2.21. The zero-order chi connectivity index (χ0) is 18.1. The number of aliphatic hydroxyl groups excluding tert-OH is 1. The summed E-state index contributed by atoms with van der Waals surface area (Å²) >= 11 is 0. The number of allylic oxidation sites excluding steroid dienone is 3. The molecule has 25 heavy (non-hydrogen) atoms. The minimum absolute atomic E-state index is 0.0546. The van der Waals surface area contributed by atoms with Crippen LogP contribution in [0.5, 0.6) is 0 Å². The van der Waals surface area contributed by atoms with Crippen molar-refractivity contribution in [1.82, 2.24) is 0 Å². The van der Waals surface area contributed by atoms with Crippen LogP contribution >= 0.6 is 0 Å². The van der Waals surface area contributed by atoms with Crippen LogP contribution in [-0.2, 0) is 9.59 Å². The van der Waals surface area contributed by atoms with Gasteiger partial charge >= 0.3 is 5.97 Å². The second-order valence-electron chi connectivity index (χ2n) is 7.53. The highest BCUT2D eigenvalue weighted by Crippen LogP contribution is 2.34. The van der Waals surface area contributed by atoms with Crippen LogP contribution in [0.3, 0.4) is 0 Å². The van der Waals surface area contributed by atoms with Gasteiger partial charge in [-0.1, -0.05) is 43.6 Å². The lowest BCUT2D eigenvalue weighted by atomic mass is 9.84. The number of aliphatic carboxylic acids is 1. The molecule has 3 atom stereocenters. The molecule has 2 rings (SSSR count). The second-order valence-corrected chi connectivity index (χ2v) is 7.53. The molecule has 0 aliphatic heterocycles. The average molecular weight is 348 g/mol. The third-order valence-corrected chi connectivity index (χ3v) is 5.68. The van der Waals surface area contributed by atoms with Crippen molar-refractivity contribution in [2.24, 2.45) is 17.8 Å². The Morgan fingerprint density at radius 2 is 1.84 bits per heavy atom. The highest BCUT2D eigenvalue weighted by Gasteiger charge is 2.32. The Kier molecular flexibility index (Phi) is 8.39. The summed E-state index contributed by atoms with van der Waals surface area (Å²) in [5.74, 6) is 0.243. The molecule has 0 spiro atoms. The van der Waals surface area contributed by atoms with E-state index in [1.54, 1.807) is 0 Å². The Morgan fingerprint density at radius 1 is 1.12 bits per heavy atom. The Hall–Kier alpha value is -1.42. The molecule has 0 bridgehead atoms. The number of carbonyl (C=O) groups is 2. The van der Waals surface area contributed by atoms with Gasteiger partial charge in [0.15, 0.2) is 0 Å². The molecule has 4 heteroatoms. The predicted molar refractivity (Wildman–Crippen MR) is 98.2 cm³/mol. The molecule has 2 saturated carbocycles. The minimum Gasteiger partial charge on any atom is -0.481 e. The van der Waals surface area contributed by atoms with Crippen LogP contribution in [0.2, 0.25) is 0 Å². The average Bonchev–Trinajstić information content (AvgIpc) is 2.96. The maximum Gasteiger partial charge on any atom is 0.303 e. The van der Waals surface area contributed by atoms with Crippen LogP contribution in [0.1, 0.15) is 70.6 Å². The fourth-order valence-corrected chi connectivity index (χ4v) is 4.15. The molecule has 0 radical (unpaired) electrons. The largest absolute Gasteiger partial charge is 0.481 e. The van der Waals surface area contributed by atoms with E-state index in [-0.39, 0.29) is 24.4 Å². The monoisotopic (exact) mass is 348 g/mol. The van der Waals surface area contributed by atoms with Gasteiger partial charge in [-0.3, -0.25) is 9.59 Å². The number of Topliss-reactive ketones (excluding diaryl/α,β-unsaturated/α-hetero) is 1. The summed E-state index contributed by atoms with van der Waals surface area (Å²) in [6.45, 7) is 0. The van der Waals surface area contributed by atoms with Gasteiger partial charge in [0.05, 0.1) is 6.10 Å². The zero-order valence-corrected chi connectivity index (χ0v) is 15.1. The standard InChI is InChI=1S/C21H32O4/c22-19(17-8-4-3-5-9-17)14-12-16-13-15-20(23)18(16)10-6-1-2-7-11-21(24)25/h1-2,12,14,16-19,22H,3-11,13,15H2,(H,24,25)/b2-1?,14-12+/t16-,18-,19?/m0/s1. The van der Waals surface area contributed by atoms with Gasteiger partial charge in [0.25, 0.3) is 0 Å². The molecule has 0 aromatic rings. The number of hydrogen-bond acceptors (Lipinski definition) is 3. The first kappa shape index (κ1) is 19.9. The Balaban J connectivity index is 1.77. The SMILES string of the molecule is O=C(O)CCC=CCC[C@@H]1C(=O)CC[C@@H]1/C=C/C(O)C1CCCCC1. The van der Waals surface area contributed by atoms with Crippen molar-refractivity contribution in [2.45, 2.75) is 76.7 Å². The first-order chi connectivity index (χ1) is 12.1. The van der Waals surface area contributed by atoms with Gasteiger partial charge in [-0.2, -0.15) is 0 Å². The molecule has 0 aromatic carbocycles. The first-order valence-corrected chi connectivity index (χ1v) is 9.84. The number of aliphatic hydroxyl groups is 1. The van der Waals surface area contributed by atoms with Crippen LogP contribution in [0.15, 0.2) is 24.3 Å². The van der Waals surface area contributed by atoms with Crippen LogP contribution < -0.4 is 0 Å². The van der Waals surface area contributed by atoms with Crippen molar-refractivity contribution in [3.8, 4) is 0 Å². The third kappa shape index (κ3) is 6.77. The second kappa shape index (κ2) is 10.5. The number of rotatable bonds is 9.